The zero-order valence-corrected chi connectivity index (χ0v) is 8.33. The largest absolute Gasteiger partial charge is 0.354 e. The summed E-state index contributed by atoms with van der Waals surface area (Å²) >= 11 is 2.23. The first-order chi connectivity index (χ1) is 5.23. The zero-order valence-electron chi connectivity index (χ0n) is 6.17. The minimum atomic E-state index is -0.0954. The van der Waals surface area contributed by atoms with Crippen LogP contribution in [0, 0.1) is 4.11 Å². The second-order valence-electron chi connectivity index (χ2n) is 2.78. The van der Waals surface area contributed by atoms with Crippen LogP contribution in [0.5, 0.6) is 0 Å². The van der Waals surface area contributed by atoms with Gasteiger partial charge in [-0.2, -0.15) is 0 Å². The van der Waals surface area contributed by atoms with Crippen molar-refractivity contribution in [3.63, 3.8) is 0 Å². The van der Waals surface area contributed by atoms with E-state index in [1.807, 2.05) is 18.2 Å². The van der Waals surface area contributed by atoms with Gasteiger partial charge in [0.2, 0.25) is 0 Å². The summed E-state index contributed by atoms with van der Waals surface area (Å²) in [6.45, 7) is 2.09. The first kappa shape index (κ1) is 7.43. The highest BCUT2D eigenvalue weighted by molar-refractivity contribution is 14.1. The molecule has 2 heteroatoms. The number of halogens is 1. The van der Waals surface area contributed by atoms with Gasteiger partial charge in [0.15, 0.2) is 0 Å². The number of hydrogen-bond acceptors (Lipinski definition) is 1. The van der Waals surface area contributed by atoms with Crippen molar-refractivity contribution in [2.75, 3.05) is 0 Å². The van der Waals surface area contributed by atoms with Crippen molar-refractivity contribution in [3.05, 3.63) is 40.0 Å². The van der Waals surface area contributed by atoms with E-state index in [0.717, 1.165) is 4.11 Å². The molecule has 1 aliphatic rings. The van der Waals surface area contributed by atoms with Crippen molar-refractivity contribution in [1.82, 2.24) is 0 Å². The Morgan fingerprint density at radius 3 is 2.36 bits per heavy atom. The fourth-order valence-electron chi connectivity index (χ4n) is 1.08. The number of benzene rings is 1. The predicted molar refractivity (Wildman–Crippen MR) is 52.1 cm³/mol. The lowest BCUT2D eigenvalue weighted by Gasteiger charge is -1.94. The maximum atomic E-state index is 5.39. The summed E-state index contributed by atoms with van der Waals surface area (Å²) in [6, 6.07) is 10.3. The quantitative estimate of drug-likeness (QED) is 0.429. The van der Waals surface area contributed by atoms with Crippen LogP contribution in [0.2, 0.25) is 0 Å². The van der Waals surface area contributed by atoms with Gasteiger partial charge in [-0.1, -0.05) is 30.3 Å². The van der Waals surface area contributed by atoms with E-state index in [4.69, 9.17) is 4.74 Å². The van der Waals surface area contributed by atoms with Gasteiger partial charge in [-0.3, -0.25) is 0 Å². The second kappa shape index (κ2) is 2.38. The molecule has 0 saturated carbocycles. The molecule has 1 nitrogen and oxygen atoms in total. The van der Waals surface area contributed by atoms with Crippen LogP contribution in [0.1, 0.15) is 12.5 Å². The SMILES string of the molecule is CC1(c2ccccc2)O[C+]1I. The van der Waals surface area contributed by atoms with Crippen molar-refractivity contribution in [2.24, 2.45) is 0 Å². The van der Waals surface area contributed by atoms with Crippen LogP contribution in [0.4, 0.5) is 0 Å². The molecule has 56 valence electrons. The van der Waals surface area contributed by atoms with E-state index < -0.39 is 0 Å². The smallest absolute Gasteiger partial charge is 0.116 e. The van der Waals surface area contributed by atoms with Crippen LogP contribution in [0.15, 0.2) is 30.3 Å². The molecule has 0 aliphatic carbocycles. The average Bonchev–Trinajstić information content (AvgIpc) is 2.64. The third-order valence-electron chi connectivity index (χ3n) is 1.95. The van der Waals surface area contributed by atoms with Gasteiger partial charge in [-0.05, 0) is 0 Å². The number of hydrogen-bond donors (Lipinski definition) is 0. The lowest BCUT2D eigenvalue weighted by molar-refractivity contribution is 0.336. The van der Waals surface area contributed by atoms with Gasteiger partial charge in [0.1, 0.15) is 0 Å². The molecule has 1 fully saturated rings. The Bertz CT molecular complexity index is 260. The molecule has 0 amide bonds. The van der Waals surface area contributed by atoms with Gasteiger partial charge in [0.05, 0.1) is 0 Å². The van der Waals surface area contributed by atoms with Crippen molar-refractivity contribution in [3.8, 4) is 0 Å². The van der Waals surface area contributed by atoms with E-state index in [9.17, 15) is 0 Å². The van der Waals surface area contributed by atoms with E-state index in [-0.39, 0.29) is 5.60 Å². The predicted octanol–water partition coefficient (Wildman–Crippen LogP) is 2.86. The van der Waals surface area contributed by atoms with Crippen molar-refractivity contribution in [2.45, 2.75) is 12.5 Å². The van der Waals surface area contributed by atoms with Crippen LogP contribution in [-0.2, 0) is 10.3 Å². The minimum Gasteiger partial charge on any atom is -0.116 e. The van der Waals surface area contributed by atoms with Gasteiger partial charge in [-0.25, -0.2) is 0 Å². The summed E-state index contributed by atoms with van der Waals surface area (Å²) in [5, 5.41) is 0. The summed E-state index contributed by atoms with van der Waals surface area (Å²) < 4.78 is 6.48. The number of ether oxygens (including phenoxy) is 1. The zero-order chi connectivity index (χ0) is 7.90. The molecule has 1 aromatic rings. The number of epoxide rings is 1. The Morgan fingerprint density at radius 2 is 1.91 bits per heavy atom. The minimum absolute atomic E-state index is 0.0954. The summed E-state index contributed by atoms with van der Waals surface area (Å²) in [6.07, 6.45) is 0. The third-order valence-corrected chi connectivity index (χ3v) is 3.20. The summed E-state index contributed by atoms with van der Waals surface area (Å²) in [5.74, 6) is 0. The van der Waals surface area contributed by atoms with Crippen molar-refractivity contribution >= 4 is 22.6 Å². The van der Waals surface area contributed by atoms with Crippen molar-refractivity contribution < 1.29 is 4.74 Å². The van der Waals surface area contributed by atoms with Gasteiger partial charge >= 0.3 is 9.71 Å². The molecule has 0 N–H and O–H groups in total. The monoisotopic (exact) mass is 259 g/mol. The van der Waals surface area contributed by atoms with Gasteiger partial charge in [-0.15, -0.1) is 4.74 Å². The highest BCUT2D eigenvalue weighted by Crippen LogP contribution is 2.56. The van der Waals surface area contributed by atoms with Crippen molar-refractivity contribution in [1.29, 1.82) is 0 Å². The van der Waals surface area contributed by atoms with Gasteiger partial charge < -0.3 is 0 Å². The molecule has 1 atom stereocenters. The van der Waals surface area contributed by atoms with Crippen LogP contribution < -0.4 is 0 Å². The van der Waals surface area contributed by atoms with E-state index in [1.165, 1.54) is 5.56 Å². The van der Waals surface area contributed by atoms with E-state index in [2.05, 4.69) is 41.6 Å². The standard InChI is InChI=1S/C9H8IO/c1-9(8(10)11-9)7-5-3-2-4-6-7/h2-6H,1H3/q+1. The van der Waals surface area contributed by atoms with Crippen LogP contribution >= 0.6 is 22.6 Å². The fourth-order valence-corrected chi connectivity index (χ4v) is 1.83. The molecular weight excluding hydrogens is 251 g/mol. The van der Waals surface area contributed by atoms with E-state index in [1.54, 1.807) is 0 Å². The summed E-state index contributed by atoms with van der Waals surface area (Å²) in [7, 11) is 0. The fraction of sp³-hybridized carbons (Fsp3) is 0.222. The highest BCUT2D eigenvalue weighted by Gasteiger charge is 2.70. The second-order valence-corrected chi connectivity index (χ2v) is 3.75. The maximum absolute atomic E-state index is 5.39. The molecule has 11 heavy (non-hydrogen) atoms. The Hall–Kier alpha value is -0.220. The topological polar surface area (TPSA) is 12.5 Å². The lowest BCUT2D eigenvalue weighted by Crippen LogP contribution is -2.00. The molecule has 2 rings (SSSR count). The Labute approximate surface area is 79.9 Å². The molecule has 1 aromatic carbocycles. The molecule has 0 aromatic heterocycles. The maximum Gasteiger partial charge on any atom is 0.354 e. The molecule has 0 spiro atoms. The van der Waals surface area contributed by atoms with Crippen LogP contribution in [0.25, 0.3) is 0 Å². The van der Waals surface area contributed by atoms with Crippen LogP contribution in [-0.4, -0.2) is 0 Å². The molecule has 1 unspecified atom stereocenters. The first-order valence-corrected chi connectivity index (χ1v) is 4.59. The first-order valence-electron chi connectivity index (χ1n) is 3.51. The van der Waals surface area contributed by atoms with Gasteiger partial charge in [0.25, 0.3) is 22.6 Å². The molecule has 1 aliphatic heterocycles. The van der Waals surface area contributed by atoms with E-state index >= 15 is 0 Å². The molecule has 1 saturated heterocycles. The molecular formula is C9H8IO+. The lowest BCUT2D eigenvalue weighted by atomic mass is 10.0. The Kier molecular flexibility index (Phi) is 1.61. The summed E-state index contributed by atoms with van der Waals surface area (Å²) in [4.78, 5) is 0. The Morgan fingerprint density at radius 1 is 1.36 bits per heavy atom. The van der Waals surface area contributed by atoms with E-state index in [0.29, 0.717) is 0 Å². The normalized spacial score (nSPS) is 28.7. The molecule has 0 radical (unpaired) electrons. The average molecular weight is 259 g/mol. The molecule has 1 heterocycles. The summed E-state index contributed by atoms with van der Waals surface area (Å²) in [5.41, 5.74) is 1.14. The number of rotatable bonds is 1. The van der Waals surface area contributed by atoms with Crippen LogP contribution in [0.3, 0.4) is 0 Å². The third kappa shape index (κ3) is 1.14. The highest BCUT2D eigenvalue weighted by atomic mass is 127. The van der Waals surface area contributed by atoms with Gasteiger partial charge in [0, 0.05) is 12.5 Å². The molecule has 0 bridgehead atoms. The Balaban J connectivity index is 2.32.